The molecule has 0 aliphatic carbocycles. The number of rotatable bonds is 6. The Balaban J connectivity index is 1.98. The minimum absolute atomic E-state index is 0.0658. The second-order valence-electron chi connectivity index (χ2n) is 7.15. The lowest BCUT2D eigenvalue weighted by Crippen LogP contribution is -2.39. The first-order chi connectivity index (χ1) is 14.2. The van der Waals surface area contributed by atoms with Crippen molar-refractivity contribution in [2.45, 2.75) is 32.7 Å². The van der Waals surface area contributed by atoms with Crippen LogP contribution in [0.15, 0.2) is 33.9 Å². The monoisotopic (exact) mass is 435 g/mol. The quantitative estimate of drug-likeness (QED) is 0.686. The summed E-state index contributed by atoms with van der Waals surface area (Å²) in [5, 5.41) is 0. The molecule has 2 aromatic rings. The highest BCUT2D eigenvalue weighted by Crippen LogP contribution is 2.26. The molecule has 30 heavy (non-hydrogen) atoms. The van der Waals surface area contributed by atoms with Gasteiger partial charge in [-0.1, -0.05) is 19.4 Å². The number of benzene rings is 1. The number of unbranched alkanes of at least 4 members (excludes halogenated alkanes) is 1. The van der Waals surface area contributed by atoms with E-state index in [2.05, 4.69) is 4.98 Å². The molecule has 1 aromatic carbocycles. The van der Waals surface area contributed by atoms with Gasteiger partial charge in [-0.2, -0.15) is 0 Å². The Bertz CT molecular complexity index is 1180. The third-order valence-corrected chi connectivity index (χ3v) is 6.94. The molecule has 11 heteroatoms. The Morgan fingerprint density at radius 2 is 2.03 bits per heavy atom. The molecule has 1 fully saturated rings. The van der Waals surface area contributed by atoms with Crippen LogP contribution in [0.5, 0.6) is 0 Å². The Morgan fingerprint density at radius 1 is 1.30 bits per heavy atom. The third kappa shape index (κ3) is 3.97. The van der Waals surface area contributed by atoms with Crippen LogP contribution in [0.2, 0.25) is 0 Å². The standard InChI is InChI=1S/C19H25N5O5S/c1-3-4-9-23-16(20)15(17(25)21-19(23)27)22(2)18(26)13-7-5-8-14(12-13)24-10-6-11-30(24,28)29/h5,7-8,12H,3-4,6,9-11,20H2,1-2H3,(H,21,25,27). The highest BCUT2D eigenvalue weighted by Gasteiger charge is 2.29. The van der Waals surface area contributed by atoms with E-state index in [-0.39, 0.29) is 22.8 Å². The number of nitrogen functional groups attached to an aromatic ring is 1. The molecule has 1 amide bonds. The first kappa shape index (κ1) is 21.6. The van der Waals surface area contributed by atoms with Crippen LogP contribution >= 0.6 is 0 Å². The van der Waals surface area contributed by atoms with Gasteiger partial charge >= 0.3 is 5.69 Å². The van der Waals surface area contributed by atoms with Gasteiger partial charge in [0.2, 0.25) is 10.0 Å². The number of H-pyrrole nitrogens is 1. The van der Waals surface area contributed by atoms with Gasteiger partial charge in [-0.15, -0.1) is 0 Å². The second-order valence-corrected chi connectivity index (χ2v) is 9.17. The predicted molar refractivity (Wildman–Crippen MR) is 116 cm³/mol. The Kier molecular flexibility index (Phi) is 6.01. The van der Waals surface area contributed by atoms with Crippen LogP contribution in [0.4, 0.5) is 17.2 Å². The van der Waals surface area contributed by atoms with Crippen LogP contribution in [0.25, 0.3) is 0 Å². The molecular weight excluding hydrogens is 410 g/mol. The number of aromatic amines is 1. The van der Waals surface area contributed by atoms with E-state index in [1.807, 2.05) is 6.92 Å². The summed E-state index contributed by atoms with van der Waals surface area (Å²) in [6, 6.07) is 6.20. The number of hydrogen-bond donors (Lipinski definition) is 2. The van der Waals surface area contributed by atoms with Crippen LogP contribution in [0, 0.1) is 0 Å². The molecule has 0 spiro atoms. The van der Waals surface area contributed by atoms with E-state index < -0.39 is 27.2 Å². The maximum absolute atomic E-state index is 13.1. The number of nitrogens with zero attached hydrogens (tertiary/aromatic N) is 3. The topological polar surface area (TPSA) is 139 Å². The van der Waals surface area contributed by atoms with Crippen molar-refractivity contribution in [3.63, 3.8) is 0 Å². The molecule has 2 heterocycles. The van der Waals surface area contributed by atoms with Crippen molar-refractivity contribution in [1.82, 2.24) is 9.55 Å². The summed E-state index contributed by atoms with van der Waals surface area (Å²) in [5.74, 6) is -0.575. The number of anilines is 3. The molecule has 0 radical (unpaired) electrons. The van der Waals surface area contributed by atoms with Crippen molar-refractivity contribution in [1.29, 1.82) is 0 Å². The van der Waals surface area contributed by atoms with Gasteiger partial charge < -0.3 is 10.6 Å². The molecule has 1 aliphatic heterocycles. The summed E-state index contributed by atoms with van der Waals surface area (Å²) < 4.78 is 26.9. The molecular formula is C19H25N5O5S. The molecule has 0 bridgehead atoms. The number of hydrogen-bond acceptors (Lipinski definition) is 6. The Morgan fingerprint density at radius 3 is 2.67 bits per heavy atom. The summed E-state index contributed by atoms with van der Waals surface area (Å²) in [5.41, 5.74) is 5.13. The molecule has 1 aromatic heterocycles. The number of carbonyl (C=O) groups excluding carboxylic acids is 1. The van der Waals surface area contributed by atoms with E-state index in [4.69, 9.17) is 5.73 Å². The van der Waals surface area contributed by atoms with Crippen molar-refractivity contribution in [3.8, 4) is 0 Å². The highest BCUT2D eigenvalue weighted by atomic mass is 32.2. The first-order valence-electron chi connectivity index (χ1n) is 9.68. The van der Waals surface area contributed by atoms with E-state index in [0.717, 1.165) is 11.3 Å². The van der Waals surface area contributed by atoms with Gasteiger partial charge in [0.1, 0.15) is 5.82 Å². The molecule has 1 aliphatic rings. The zero-order valence-corrected chi connectivity index (χ0v) is 17.7. The van der Waals surface area contributed by atoms with Gasteiger partial charge in [0, 0.05) is 25.7 Å². The largest absolute Gasteiger partial charge is 0.383 e. The molecule has 0 unspecified atom stereocenters. The zero-order valence-electron chi connectivity index (χ0n) is 16.9. The molecule has 162 valence electrons. The second kappa shape index (κ2) is 8.34. The van der Waals surface area contributed by atoms with E-state index in [1.54, 1.807) is 12.1 Å². The maximum Gasteiger partial charge on any atom is 0.330 e. The van der Waals surface area contributed by atoms with Crippen LogP contribution in [-0.2, 0) is 16.6 Å². The van der Waals surface area contributed by atoms with Gasteiger partial charge in [-0.25, -0.2) is 13.2 Å². The van der Waals surface area contributed by atoms with Gasteiger partial charge in [-0.05, 0) is 31.0 Å². The summed E-state index contributed by atoms with van der Waals surface area (Å²) in [6.07, 6.45) is 2.02. The molecule has 3 rings (SSSR count). The van der Waals surface area contributed by atoms with Crippen molar-refractivity contribution in [3.05, 3.63) is 50.7 Å². The van der Waals surface area contributed by atoms with Gasteiger partial charge in [0.25, 0.3) is 11.5 Å². The van der Waals surface area contributed by atoms with Gasteiger partial charge in [0.15, 0.2) is 5.69 Å². The zero-order chi connectivity index (χ0) is 22.1. The Labute approximate surface area is 174 Å². The number of aromatic nitrogens is 2. The minimum atomic E-state index is -3.39. The lowest BCUT2D eigenvalue weighted by molar-refractivity contribution is 0.0992. The predicted octanol–water partition coefficient (Wildman–Crippen LogP) is 0.735. The SMILES string of the molecule is CCCCn1c(N)c(N(C)C(=O)c2cccc(N3CCCS3(=O)=O)c2)c(=O)[nH]c1=O. The fourth-order valence-electron chi connectivity index (χ4n) is 3.46. The van der Waals surface area contributed by atoms with Crippen molar-refractivity contribution < 1.29 is 13.2 Å². The highest BCUT2D eigenvalue weighted by molar-refractivity contribution is 7.93. The van der Waals surface area contributed by atoms with Crippen molar-refractivity contribution in [2.75, 3.05) is 34.3 Å². The average Bonchev–Trinajstić information content (AvgIpc) is 3.06. The average molecular weight is 436 g/mol. The third-order valence-electron chi connectivity index (χ3n) is 5.07. The van der Waals surface area contributed by atoms with E-state index in [1.165, 1.54) is 28.1 Å². The number of carbonyl (C=O) groups is 1. The van der Waals surface area contributed by atoms with E-state index >= 15 is 0 Å². The first-order valence-corrected chi connectivity index (χ1v) is 11.3. The summed E-state index contributed by atoms with van der Waals surface area (Å²) in [6.45, 7) is 2.62. The normalized spacial score (nSPS) is 15.3. The van der Waals surface area contributed by atoms with Crippen LogP contribution in [0.1, 0.15) is 36.5 Å². The summed E-state index contributed by atoms with van der Waals surface area (Å²) >= 11 is 0. The van der Waals surface area contributed by atoms with E-state index in [9.17, 15) is 22.8 Å². The minimum Gasteiger partial charge on any atom is -0.383 e. The molecule has 3 N–H and O–H groups in total. The number of amides is 1. The van der Waals surface area contributed by atoms with Crippen LogP contribution in [0.3, 0.4) is 0 Å². The van der Waals surface area contributed by atoms with Crippen LogP contribution in [-0.4, -0.2) is 43.2 Å². The fourth-order valence-corrected chi connectivity index (χ4v) is 5.01. The summed E-state index contributed by atoms with van der Waals surface area (Å²) in [7, 11) is -2.01. The fraction of sp³-hybridized carbons (Fsp3) is 0.421. The molecule has 0 saturated carbocycles. The maximum atomic E-state index is 13.1. The number of nitrogens with one attached hydrogen (secondary N) is 1. The Hall–Kier alpha value is -3.08. The van der Waals surface area contributed by atoms with Crippen LogP contribution < -0.4 is 26.2 Å². The van der Waals surface area contributed by atoms with Crippen molar-refractivity contribution in [2.24, 2.45) is 0 Å². The van der Waals surface area contributed by atoms with Gasteiger partial charge in [-0.3, -0.25) is 23.4 Å². The number of sulfonamides is 1. The molecule has 0 atom stereocenters. The number of nitrogens with two attached hydrogens (primary N) is 1. The lowest BCUT2D eigenvalue weighted by atomic mass is 10.1. The molecule has 1 saturated heterocycles. The van der Waals surface area contributed by atoms with E-state index in [0.29, 0.717) is 31.6 Å². The van der Waals surface area contributed by atoms with Gasteiger partial charge in [0.05, 0.1) is 11.4 Å². The summed E-state index contributed by atoms with van der Waals surface area (Å²) in [4.78, 5) is 40.8. The lowest BCUT2D eigenvalue weighted by Gasteiger charge is -2.22. The smallest absolute Gasteiger partial charge is 0.330 e. The molecule has 10 nitrogen and oxygen atoms in total. The van der Waals surface area contributed by atoms with Crippen molar-refractivity contribution >= 4 is 33.1 Å².